The molecule has 2 aromatic carbocycles. The van der Waals surface area contributed by atoms with Crippen molar-refractivity contribution in [3.05, 3.63) is 47.0 Å². The van der Waals surface area contributed by atoms with Crippen molar-refractivity contribution in [3.8, 4) is 16.9 Å². The highest BCUT2D eigenvalue weighted by molar-refractivity contribution is 5.80. The van der Waals surface area contributed by atoms with Gasteiger partial charge in [-0.1, -0.05) is 19.9 Å². The third kappa shape index (κ3) is 2.78. The van der Waals surface area contributed by atoms with Gasteiger partial charge < -0.3 is 19.6 Å². The second-order valence-electron chi connectivity index (χ2n) is 8.82. The molecule has 5 rings (SSSR count). The van der Waals surface area contributed by atoms with Crippen LogP contribution in [0.25, 0.3) is 11.1 Å². The Balaban J connectivity index is 1.62. The van der Waals surface area contributed by atoms with Gasteiger partial charge in [0.15, 0.2) is 0 Å². The number of likely N-dealkylation sites (tertiary alicyclic amines) is 1. The largest absolute Gasteiger partial charge is 0.496 e. The Labute approximate surface area is 171 Å². The van der Waals surface area contributed by atoms with Crippen LogP contribution in [-0.4, -0.2) is 48.9 Å². The number of rotatable bonds is 3. The molecule has 0 aliphatic carbocycles. The summed E-state index contributed by atoms with van der Waals surface area (Å²) < 4.78 is 5.70. The SMILES string of the molecule is COc1ccc(C(C)C)cc1-c1cc2c3c(c1)[C@H]1CN(C(=O)O)CC[C@H]1N3CC2. The second kappa shape index (κ2) is 6.68. The number of amides is 1. The van der Waals surface area contributed by atoms with Gasteiger partial charge in [0, 0.05) is 42.8 Å². The number of carboxylic acid groups (broad SMARTS) is 1. The summed E-state index contributed by atoms with van der Waals surface area (Å²) in [6, 6.07) is 11.5. The lowest BCUT2D eigenvalue weighted by Gasteiger charge is -2.37. The number of benzene rings is 2. The van der Waals surface area contributed by atoms with Crippen molar-refractivity contribution in [3.63, 3.8) is 0 Å². The zero-order valence-electron chi connectivity index (χ0n) is 17.3. The van der Waals surface area contributed by atoms with Gasteiger partial charge in [-0.05, 0) is 65.3 Å². The lowest BCUT2D eigenvalue weighted by atomic mass is 9.85. The molecule has 0 bridgehead atoms. The third-order valence-corrected chi connectivity index (χ3v) is 6.98. The number of methoxy groups -OCH3 is 1. The molecule has 2 aromatic rings. The fourth-order valence-electron chi connectivity index (χ4n) is 5.48. The predicted molar refractivity (Wildman–Crippen MR) is 114 cm³/mol. The Bertz CT molecular complexity index is 984. The summed E-state index contributed by atoms with van der Waals surface area (Å²) in [7, 11) is 1.73. The molecule has 3 aliphatic rings. The lowest BCUT2D eigenvalue weighted by Crippen LogP contribution is -2.47. The summed E-state index contributed by atoms with van der Waals surface area (Å²) in [6.07, 6.45) is 1.17. The smallest absolute Gasteiger partial charge is 0.407 e. The van der Waals surface area contributed by atoms with E-state index in [1.54, 1.807) is 12.0 Å². The minimum Gasteiger partial charge on any atom is -0.496 e. The average Bonchev–Trinajstić information content (AvgIpc) is 3.29. The van der Waals surface area contributed by atoms with Crippen LogP contribution in [0.15, 0.2) is 30.3 Å². The zero-order chi connectivity index (χ0) is 20.3. The van der Waals surface area contributed by atoms with E-state index < -0.39 is 6.09 Å². The Hall–Kier alpha value is -2.69. The van der Waals surface area contributed by atoms with Crippen molar-refractivity contribution in [2.75, 3.05) is 31.6 Å². The van der Waals surface area contributed by atoms with E-state index in [-0.39, 0.29) is 5.92 Å². The zero-order valence-corrected chi connectivity index (χ0v) is 17.3. The van der Waals surface area contributed by atoms with E-state index >= 15 is 0 Å². The van der Waals surface area contributed by atoms with Gasteiger partial charge in [0.2, 0.25) is 0 Å². The molecule has 29 heavy (non-hydrogen) atoms. The molecule has 0 saturated carbocycles. The molecule has 2 atom stereocenters. The molecule has 0 spiro atoms. The number of hydrogen-bond acceptors (Lipinski definition) is 3. The minimum absolute atomic E-state index is 0.258. The molecule has 0 radical (unpaired) electrons. The number of anilines is 1. The summed E-state index contributed by atoms with van der Waals surface area (Å²) in [5.41, 5.74) is 7.70. The predicted octanol–water partition coefficient (Wildman–Crippen LogP) is 4.70. The first kappa shape index (κ1) is 18.3. The van der Waals surface area contributed by atoms with Crippen LogP contribution < -0.4 is 9.64 Å². The summed E-state index contributed by atoms with van der Waals surface area (Å²) in [5.74, 6) is 1.60. The van der Waals surface area contributed by atoms with Gasteiger partial charge >= 0.3 is 6.09 Å². The average molecular weight is 392 g/mol. The van der Waals surface area contributed by atoms with Crippen LogP contribution >= 0.6 is 0 Å². The molecule has 1 fully saturated rings. The van der Waals surface area contributed by atoms with Crippen LogP contribution in [-0.2, 0) is 6.42 Å². The Morgan fingerprint density at radius 2 is 2.03 bits per heavy atom. The molecular formula is C24H28N2O3. The minimum atomic E-state index is -0.803. The molecule has 0 aromatic heterocycles. The summed E-state index contributed by atoms with van der Waals surface area (Å²) >= 11 is 0. The van der Waals surface area contributed by atoms with E-state index in [0.29, 0.717) is 25.0 Å². The number of hydrogen-bond donors (Lipinski definition) is 1. The first-order valence-electron chi connectivity index (χ1n) is 10.6. The van der Waals surface area contributed by atoms with Gasteiger partial charge in [-0.3, -0.25) is 0 Å². The lowest BCUT2D eigenvalue weighted by molar-refractivity contribution is 0.127. The van der Waals surface area contributed by atoms with Crippen molar-refractivity contribution < 1.29 is 14.6 Å². The van der Waals surface area contributed by atoms with E-state index in [1.165, 1.54) is 27.9 Å². The normalized spacial score (nSPS) is 22.1. The van der Waals surface area contributed by atoms with Crippen LogP contribution in [0.2, 0.25) is 0 Å². The molecule has 3 heterocycles. The van der Waals surface area contributed by atoms with E-state index in [4.69, 9.17) is 4.74 Å². The molecule has 5 nitrogen and oxygen atoms in total. The molecule has 1 saturated heterocycles. The van der Waals surface area contributed by atoms with Gasteiger partial charge in [0.1, 0.15) is 5.75 Å². The first-order chi connectivity index (χ1) is 14.0. The highest BCUT2D eigenvalue weighted by atomic mass is 16.5. The molecule has 5 heteroatoms. The molecule has 152 valence electrons. The molecular weight excluding hydrogens is 364 g/mol. The van der Waals surface area contributed by atoms with Gasteiger partial charge in [-0.2, -0.15) is 0 Å². The van der Waals surface area contributed by atoms with Gasteiger partial charge in [-0.15, -0.1) is 0 Å². The maximum atomic E-state index is 11.6. The van der Waals surface area contributed by atoms with Crippen molar-refractivity contribution in [2.24, 2.45) is 0 Å². The highest BCUT2D eigenvalue weighted by Crippen LogP contribution is 2.51. The molecule has 0 unspecified atom stereocenters. The Morgan fingerprint density at radius 3 is 2.76 bits per heavy atom. The van der Waals surface area contributed by atoms with Crippen molar-refractivity contribution in [2.45, 2.75) is 44.6 Å². The van der Waals surface area contributed by atoms with Crippen LogP contribution in [0.3, 0.4) is 0 Å². The number of ether oxygens (including phenoxy) is 1. The monoisotopic (exact) mass is 392 g/mol. The van der Waals surface area contributed by atoms with Gasteiger partial charge in [-0.25, -0.2) is 4.79 Å². The van der Waals surface area contributed by atoms with Crippen molar-refractivity contribution >= 4 is 11.8 Å². The van der Waals surface area contributed by atoms with Crippen LogP contribution in [0.1, 0.15) is 48.8 Å². The van der Waals surface area contributed by atoms with E-state index in [2.05, 4.69) is 49.1 Å². The summed E-state index contributed by atoms with van der Waals surface area (Å²) in [4.78, 5) is 15.7. The quantitative estimate of drug-likeness (QED) is 0.823. The fraction of sp³-hybridized carbons (Fsp3) is 0.458. The van der Waals surface area contributed by atoms with Crippen LogP contribution in [0.5, 0.6) is 5.75 Å². The number of piperidine rings is 1. The van der Waals surface area contributed by atoms with Crippen LogP contribution in [0, 0.1) is 0 Å². The van der Waals surface area contributed by atoms with E-state index in [1.807, 2.05) is 0 Å². The summed E-state index contributed by atoms with van der Waals surface area (Å²) in [6.45, 7) is 6.68. The Kier molecular flexibility index (Phi) is 4.23. The highest BCUT2D eigenvalue weighted by Gasteiger charge is 2.46. The molecule has 3 aliphatic heterocycles. The maximum Gasteiger partial charge on any atom is 0.407 e. The number of fused-ring (bicyclic) bond motifs is 3. The Morgan fingerprint density at radius 1 is 1.21 bits per heavy atom. The van der Waals surface area contributed by atoms with E-state index in [9.17, 15) is 9.90 Å². The first-order valence-corrected chi connectivity index (χ1v) is 10.6. The van der Waals surface area contributed by atoms with Gasteiger partial charge in [0.05, 0.1) is 7.11 Å². The molecule has 1 amide bonds. The number of carbonyl (C=O) groups is 1. The molecule has 1 N–H and O–H groups in total. The van der Waals surface area contributed by atoms with E-state index in [0.717, 1.165) is 30.7 Å². The second-order valence-corrected chi connectivity index (χ2v) is 8.82. The fourth-order valence-corrected chi connectivity index (χ4v) is 5.48. The van der Waals surface area contributed by atoms with Crippen molar-refractivity contribution in [1.29, 1.82) is 0 Å². The number of nitrogens with zero attached hydrogens (tertiary/aromatic N) is 2. The maximum absolute atomic E-state index is 11.6. The van der Waals surface area contributed by atoms with Gasteiger partial charge in [0.25, 0.3) is 0 Å². The topological polar surface area (TPSA) is 53.0 Å². The van der Waals surface area contributed by atoms with Crippen molar-refractivity contribution in [1.82, 2.24) is 4.90 Å². The third-order valence-electron chi connectivity index (χ3n) is 6.98. The summed E-state index contributed by atoms with van der Waals surface area (Å²) in [5, 5.41) is 9.52. The standard InChI is InChI=1S/C24H28N2O3/c1-14(2)15-4-5-22(29-3)18(11-15)17-10-16-6-9-26-21-7-8-25(24(27)28)13-20(21)19(12-17)23(16)26/h4-5,10-12,14,20-21H,6-9,13H2,1-3H3,(H,27,28)/t20-,21-/m1/s1. The van der Waals surface area contributed by atoms with Crippen LogP contribution in [0.4, 0.5) is 10.5 Å².